The van der Waals surface area contributed by atoms with Gasteiger partial charge in [-0.3, -0.25) is 10.1 Å². The maximum atomic E-state index is 12.5. The number of rotatable bonds is 6. The van der Waals surface area contributed by atoms with Gasteiger partial charge in [0.05, 0.1) is 12.7 Å². The number of carbonyl (C=O) groups is 2. The van der Waals surface area contributed by atoms with Gasteiger partial charge in [0.25, 0.3) is 12.3 Å². The van der Waals surface area contributed by atoms with E-state index in [1.165, 1.54) is 16.8 Å². The zero-order valence-electron chi connectivity index (χ0n) is 13.3. The fourth-order valence-electron chi connectivity index (χ4n) is 2.39. The number of amides is 3. The van der Waals surface area contributed by atoms with Crippen LogP contribution in [0.2, 0.25) is 0 Å². The highest BCUT2D eigenvalue weighted by Crippen LogP contribution is 2.25. The Morgan fingerprint density at radius 2 is 2.12 bits per heavy atom. The number of alkyl halides is 2. The molecule has 1 saturated carbocycles. The number of hydrogen-bond donors (Lipinski definition) is 4. The van der Waals surface area contributed by atoms with Gasteiger partial charge in [0.15, 0.2) is 5.65 Å². The van der Waals surface area contributed by atoms with E-state index in [1.807, 2.05) is 0 Å². The van der Waals surface area contributed by atoms with Crippen molar-refractivity contribution >= 4 is 35.6 Å². The van der Waals surface area contributed by atoms with Crippen LogP contribution in [0.15, 0.2) is 11.9 Å². The van der Waals surface area contributed by atoms with Crippen LogP contribution in [0.1, 0.15) is 18.4 Å². The zero-order chi connectivity index (χ0) is 18.3. The molecule has 26 heavy (non-hydrogen) atoms. The van der Waals surface area contributed by atoms with Crippen molar-refractivity contribution in [2.75, 3.05) is 17.2 Å². The summed E-state index contributed by atoms with van der Waals surface area (Å²) < 4.78 is 26.4. The van der Waals surface area contributed by atoms with Crippen molar-refractivity contribution in [2.24, 2.45) is 0 Å². The summed E-state index contributed by atoms with van der Waals surface area (Å²) in [7, 11) is 0. The van der Waals surface area contributed by atoms with Crippen LogP contribution in [0.4, 0.5) is 25.5 Å². The summed E-state index contributed by atoms with van der Waals surface area (Å²) in [6.07, 6.45) is 2.26. The van der Waals surface area contributed by atoms with Gasteiger partial charge >= 0.3 is 6.03 Å². The molecule has 3 amide bonds. The van der Waals surface area contributed by atoms with Crippen LogP contribution in [-0.4, -0.2) is 50.5 Å². The molecule has 4 N–H and O–H groups in total. The topological polar surface area (TPSA) is 125 Å². The molecule has 0 radical (unpaired) electrons. The van der Waals surface area contributed by atoms with E-state index in [2.05, 4.69) is 36.3 Å². The number of carbonyl (C=O) groups excluding carboxylic acids is 2. The van der Waals surface area contributed by atoms with Gasteiger partial charge in [-0.05, 0) is 18.9 Å². The van der Waals surface area contributed by atoms with Crippen molar-refractivity contribution in [3.63, 3.8) is 0 Å². The number of urea groups is 1. The van der Waals surface area contributed by atoms with Gasteiger partial charge < -0.3 is 16.0 Å². The van der Waals surface area contributed by atoms with Gasteiger partial charge in [-0.1, -0.05) is 0 Å². The average molecular weight is 364 g/mol. The van der Waals surface area contributed by atoms with E-state index < -0.39 is 24.9 Å². The Hall–Kier alpha value is -3.31. The molecule has 10 nitrogen and oxygen atoms in total. The number of fused-ring (bicyclic) bond motifs is 1. The minimum Gasteiger partial charge on any atom is -0.351 e. The van der Waals surface area contributed by atoms with Gasteiger partial charge in [0.2, 0.25) is 11.9 Å². The van der Waals surface area contributed by atoms with E-state index in [1.54, 1.807) is 0 Å². The van der Waals surface area contributed by atoms with E-state index in [-0.39, 0.29) is 17.7 Å². The monoisotopic (exact) mass is 364 g/mol. The average Bonchev–Trinajstić information content (AvgIpc) is 3.22. The van der Waals surface area contributed by atoms with E-state index in [0.717, 1.165) is 12.8 Å². The molecule has 1 saturated heterocycles. The van der Waals surface area contributed by atoms with Gasteiger partial charge in [-0.2, -0.15) is 19.6 Å². The van der Waals surface area contributed by atoms with Crippen molar-refractivity contribution in [3.05, 3.63) is 17.5 Å². The molecule has 0 spiro atoms. The first kappa shape index (κ1) is 16.2. The van der Waals surface area contributed by atoms with Crippen molar-refractivity contribution in [1.82, 2.24) is 30.2 Å². The molecule has 0 aromatic carbocycles. The van der Waals surface area contributed by atoms with Crippen LogP contribution < -0.4 is 21.3 Å². The molecule has 2 aliphatic rings. The number of imide groups is 1. The summed E-state index contributed by atoms with van der Waals surface area (Å²) in [6, 6.07) is -0.371. The fraction of sp³-hybridized carbons (Fsp3) is 0.357. The summed E-state index contributed by atoms with van der Waals surface area (Å²) in [6.45, 7) is -0.595. The summed E-state index contributed by atoms with van der Waals surface area (Å²) >= 11 is 0. The molecule has 1 aliphatic heterocycles. The Balaban J connectivity index is 1.74. The maximum absolute atomic E-state index is 12.5. The van der Waals surface area contributed by atoms with E-state index in [0.29, 0.717) is 17.2 Å². The third-order valence-electron chi connectivity index (χ3n) is 3.74. The molecule has 2 aromatic heterocycles. The molecule has 136 valence electrons. The number of halogens is 2. The molecule has 0 bridgehead atoms. The minimum absolute atomic E-state index is 0.0148. The highest BCUT2D eigenvalue weighted by atomic mass is 19.3. The van der Waals surface area contributed by atoms with E-state index in [4.69, 9.17) is 0 Å². The lowest BCUT2D eigenvalue weighted by Crippen LogP contribution is -2.22. The van der Waals surface area contributed by atoms with Crippen molar-refractivity contribution in [1.29, 1.82) is 0 Å². The van der Waals surface area contributed by atoms with Gasteiger partial charge in [0.1, 0.15) is 5.70 Å². The predicted octanol–water partition coefficient (Wildman–Crippen LogP) is 0.556. The minimum atomic E-state index is -2.56. The second kappa shape index (κ2) is 6.20. The molecule has 12 heteroatoms. The van der Waals surface area contributed by atoms with Crippen molar-refractivity contribution in [3.8, 4) is 0 Å². The molecular weight excluding hydrogens is 350 g/mol. The number of nitrogens with one attached hydrogen (secondary N) is 4. The first-order chi connectivity index (χ1) is 12.5. The first-order valence-electron chi connectivity index (χ1n) is 7.88. The van der Waals surface area contributed by atoms with Crippen LogP contribution in [0, 0.1) is 0 Å². The van der Waals surface area contributed by atoms with Gasteiger partial charge in [-0.15, -0.1) is 0 Å². The summed E-state index contributed by atoms with van der Waals surface area (Å²) in [5.74, 6) is -0.199. The third-order valence-corrected chi connectivity index (χ3v) is 3.74. The Morgan fingerprint density at radius 3 is 2.77 bits per heavy atom. The Kier molecular flexibility index (Phi) is 3.86. The molecule has 2 fully saturated rings. The quantitative estimate of drug-likeness (QED) is 0.436. The molecule has 0 atom stereocenters. The molecule has 4 rings (SSSR count). The number of hydrogen-bond acceptors (Lipinski definition) is 7. The number of aromatic nitrogens is 4. The van der Waals surface area contributed by atoms with Crippen LogP contribution in [-0.2, 0) is 4.79 Å². The van der Waals surface area contributed by atoms with Crippen LogP contribution in [0.25, 0.3) is 11.7 Å². The van der Waals surface area contributed by atoms with Crippen molar-refractivity contribution < 1.29 is 18.4 Å². The smallest absolute Gasteiger partial charge is 0.326 e. The maximum Gasteiger partial charge on any atom is 0.326 e. The van der Waals surface area contributed by atoms with E-state index in [9.17, 15) is 18.4 Å². The Morgan fingerprint density at radius 1 is 1.31 bits per heavy atom. The summed E-state index contributed by atoms with van der Waals surface area (Å²) in [5.41, 5.74) is 0.780. The highest BCUT2D eigenvalue weighted by Gasteiger charge is 2.26. The van der Waals surface area contributed by atoms with Gasteiger partial charge in [-0.25, -0.2) is 13.6 Å². The lowest BCUT2D eigenvalue weighted by atomic mass is 10.2. The first-order valence-corrected chi connectivity index (χ1v) is 7.88. The van der Waals surface area contributed by atoms with Crippen LogP contribution in [0.5, 0.6) is 0 Å². The van der Waals surface area contributed by atoms with E-state index >= 15 is 0 Å². The normalized spacial score (nSPS) is 18.5. The SMILES string of the molecule is O=C1NC(=O)/C(=C/c2cnn3c(NC4CC4)nc(NCC(F)F)nc23)N1. The molecule has 0 unspecified atom stereocenters. The zero-order valence-corrected chi connectivity index (χ0v) is 13.3. The van der Waals surface area contributed by atoms with Gasteiger partial charge in [0, 0.05) is 11.6 Å². The predicted molar refractivity (Wildman–Crippen MR) is 86.6 cm³/mol. The number of nitrogens with zero attached hydrogens (tertiary/aromatic N) is 4. The molecule has 1 aliphatic carbocycles. The lowest BCUT2D eigenvalue weighted by Gasteiger charge is -2.10. The lowest BCUT2D eigenvalue weighted by molar-refractivity contribution is -0.115. The highest BCUT2D eigenvalue weighted by molar-refractivity contribution is 6.14. The van der Waals surface area contributed by atoms with Crippen LogP contribution >= 0.6 is 0 Å². The standard InChI is InChI=1S/C14H14F2N8O2/c15-9(16)5-17-12-21-10-6(3-8-11(25)22-14(26)20-8)4-18-24(10)13(23-12)19-7-1-2-7/h3-4,7,9H,1-2,5H2,(H2,17,19,21,23)(H2,20,22,25,26)/b8-3-. The number of anilines is 2. The fourth-order valence-corrected chi connectivity index (χ4v) is 2.39. The molecule has 3 heterocycles. The summed E-state index contributed by atoms with van der Waals surface area (Å²) in [4.78, 5) is 31.3. The molecular formula is C14H14F2N8O2. The second-order valence-electron chi connectivity index (χ2n) is 5.86. The Labute approximate surface area is 145 Å². The van der Waals surface area contributed by atoms with Crippen molar-refractivity contribution in [2.45, 2.75) is 25.3 Å². The molecule has 2 aromatic rings. The largest absolute Gasteiger partial charge is 0.351 e. The Bertz CT molecular complexity index is 921. The van der Waals surface area contributed by atoms with Crippen LogP contribution in [0.3, 0.4) is 0 Å². The summed E-state index contributed by atoms with van der Waals surface area (Å²) in [5, 5.41) is 14.3. The second-order valence-corrected chi connectivity index (χ2v) is 5.86. The third kappa shape index (κ3) is 3.25.